The lowest BCUT2D eigenvalue weighted by Crippen LogP contribution is -2.38. The predicted molar refractivity (Wildman–Crippen MR) is 94.8 cm³/mol. The number of carbonyl (C=O) groups excluding carboxylic acids is 1. The number of hydrogen-bond donors (Lipinski definition) is 0. The van der Waals surface area contributed by atoms with Crippen LogP contribution in [0.3, 0.4) is 0 Å². The van der Waals surface area contributed by atoms with Gasteiger partial charge in [-0.05, 0) is 18.9 Å². The Hall–Kier alpha value is -2.77. The van der Waals surface area contributed by atoms with Crippen molar-refractivity contribution in [1.82, 2.24) is 29.8 Å². The Labute approximate surface area is 151 Å². The van der Waals surface area contributed by atoms with E-state index in [0.717, 1.165) is 29.7 Å². The minimum atomic E-state index is 0.00690. The molecule has 136 valence electrons. The molecule has 0 N–H and O–H groups in total. The monoisotopic (exact) mass is 354 g/mol. The average Bonchev–Trinajstić information content (AvgIpc) is 3.29. The third kappa shape index (κ3) is 2.95. The van der Waals surface area contributed by atoms with E-state index in [0.29, 0.717) is 24.5 Å². The molecule has 4 rings (SSSR count). The maximum Gasteiger partial charge on any atom is 0.255 e. The van der Waals surface area contributed by atoms with E-state index in [1.165, 1.54) is 0 Å². The van der Waals surface area contributed by atoms with Crippen LogP contribution in [0.25, 0.3) is 11.0 Å². The molecule has 0 aliphatic carbocycles. The summed E-state index contributed by atoms with van der Waals surface area (Å²) >= 11 is 0. The molecule has 0 unspecified atom stereocenters. The van der Waals surface area contributed by atoms with E-state index >= 15 is 0 Å². The lowest BCUT2D eigenvalue weighted by Gasteiger charge is -2.30. The van der Waals surface area contributed by atoms with Gasteiger partial charge >= 0.3 is 0 Å². The van der Waals surface area contributed by atoms with Gasteiger partial charge in [0.2, 0.25) is 5.89 Å². The Morgan fingerprint density at radius 2 is 2.04 bits per heavy atom. The van der Waals surface area contributed by atoms with Crippen molar-refractivity contribution < 1.29 is 9.32 Å². The number of rotatable bonds is 3. The molecule has 3 aromatic heterocycles. The molecule has 4 heterocycles. The van der Waals surface area contributed by atoms with Crippen LogP contribution in [0.5, 0.6) is 0 Å². The van der Waals surface area contributed by atoms with E-state index in [1.807, 2.05) is 31.9 Å². The summed E-state index contributed by atoms with van der Waals surface area (Å²) in [6.45, 7) is 5.44. The van der Waals surface area contributed by atoms with Gasteiger partial charge in [0.05, 0.1) is 17.3 Å². The number of piperidine rings is 1. The van der Waals surface area contributed by atoms with E-state index in [4.69, 9.17) is 4.52 Å². The average molecular weight is 354 g/mol. The van der Waals surface area contributed by atoms with Crippen molar-refractivity contribution in [3.8, 4) is 0 Å². The quantitative estimate of drug-likeness (QED) is 0.718. The molecule has 1 fully saturated rings. The van der Waals surface area contributed by atoms with Crippen molar-refractivity contribution >= 4 is 16.9 Å². The van der Waals surface area contributed by atoms with Crippen LogP contribution in [0.1, 0.15) is 60.6 Å². The van der Waals surface area contributed by atoms with Gasteiger partial charge in [-0.15, -0.1) is 0 Å². The number of pyridine rings is 1. The SMILES string of the molecule is CC(C)c1noc(C2CCN(C(=O)c3cnc4cnn(C)c4c3)CC2)n1. The number of likely N-dealkylation sites (tertiary alicyclic amines) is 1. The van der Waals surface area contributed by atoms with Gasteiger partial charge in [0, 0.05) is 38.2 Å². The normalized spacial score (nSPS) is 15.9. The summed E-state index contributed by atoms with van der Waals surface area (Å²) in [5.41, 5.74) is 2.25. The first-order chi connectivity index (χ1) is 12.5. The highest BCUT2D eigenvalue weighted by Crippen LogP contribution is 2.28. The van der Waals surface area contributed by atoms with Crippen LogP contribution >= 0.6 is 0 Å². The largest absolute Gasteiger partial charge is 0.339 e. The zero-order chi connectivity index (χ0) is 18.3. The van der Waals surface area contributed by atoms with Crippen molar-refractivity contribution in [1.29, 1.82) is 0 Å². The summed E-state index contributed by atoms with van der Waals surface area (Å²) in [5, 5.41) is 8.21. The topological polar surface area (TPSA) is 89.9 Å². The summed E-state index contributed by atoms with van der Waals surface area (Å²) in [6.07, 6.45) is 4.98. The van der Waals surface area contributed by atoms with Crippen molar-refractivity contribution in [2.24, 2.45) is 7.05 Å². The number of aryl methyl sites for hydroxylation is 1. The molecule has 0 saturated carbocycles. The Morgan fingerprint density at radius 3 is 2.73 bits per heavy atom. The van der Waals surface area contributed by atoms with Gasteiger partial charge in [-0.2, -0.15) is 10.1 Å². The number of carbonyl (C=O) groups is 1. The third-order valence-corrected chi connectivity index (χ3v) is 4.95. The number of aromatic nitrogens is 5. The smallest absolute Gasteiger partial charge is 0.255 e. The van der Waals surface area contributed by atoms with Gasteiger partial charge in [-0.25, -0.2) is 0 Å². The maximum atomic E-state index is 12.8. The number of hydrogen-bond acceptors (Lipinski definition) is 6. The molecule has 1 amide bonds. The van der Waals surface area contributed by atoms with Gasteiger partial charge in [-0.3, -0.25) is 14.5 Å². The number of fused-ring (bicyclic) bond motifs is 1. The molecule has 0 aromatic carbocycles. The highest BCUT2D eigenvalue weighted by molar-refractivity contribution is 5.96. The van der Waals surface area contributed by atoms with Gasteiger partial charge in [0.25, 0.3) is 5.91 Å². The van der Waals surface area contributed by atoms with Gasteiger partial charge in [-0.1, -0.05) is 19.0 Å². The Kier molecular flexibility index (Phi) is 4.18. The molecular weight excluding hydrogens is 332 g/mol. The molecule has 0 bridgehead atoms. The standard InChI is InChI=1S/C18H22N6O2/c1-11(2)16-21-17(26-22-16)12-4-6-24(7-5-12)18(25)13-8-15-14(19-9-13)10-20-23(15)3/h8-12H,4-7H2,1-3H3. The Bertz CT molecular complexity index is 936. The van der Waals surface area contributed by atoms with Crippen molar-refractivity contribution in [2.75, 3.05) is 13.1 Å². The summed E-state index contributed by atoms with van der Waals surface area (Å²) in [6, 6.07) is 1.86. The fraction of sp³-hybridized carbons (Fsp3) is 0.500. The van der Waals surface area contributed by atoms with Gasteiger partial charge in [0.1, 0.15) is 5.52 Å². The molecule has 8 nitrogen and oxygen atoms in total. The second-order valence-electron chi connectivity index (χ2n) is 7.11. The van der Waals surface area contributed by atoms with E-state index < -0.39 is 0 Å². The summed E-state index contributed by atoms with van der Waals surface area (Å²) in [4.78, 5) is 23.5. The van der Waals surface area contributed by atoms with Crippen LogP contribution in [0, 0.1) is 0 Å². The zero-order valence-electron chi connectivity index (χ0n) is 15.2. The van der Waals surface area contributed by atoms with Crippen molar-refractivity contribution in [2.45, 2.75) is 38.5 Å². The molecule has 0 radical (unpaired) electrons. The lowest BCUT2D eigenvalue weighted by molar-refractivity contribution is 0.0704. The third-order valence-electron chi connectivity index (χ3n) is 4.95. The van der Waals surface area contributed by atoms with Crippen LogP contribution in [0.2, 0.25) is 0 Å². The molecule has 26 heavy (non-hydrogen) atoms. The minimum absolute atomic E-state index is 0.00690. The van der Waals surface area contributed by atoms with Crippen molar-refractivity contribution in [3.05, 3.63) is 35.7 Å². The van der Waals surface area contributed by atoms with Crippen LogP contribution in [0.4, 0.5) is 0 Å². The minimum Gasteiger partial charge on any atom is -0.339 e. The predicted octanol–water partition coefficient (Wildman–Crippen LogP) is 2.49. The summed E-state index contributed by atoms with van der Waals surface area (Å²) < 4.78 is 7.14. The first-order valence-electron chi connectivity index (χ1n) is 8.93. The highest BCUT2D eigenvalue weighted by Gasteiger charge is 2.28. The lowest BCUT2D eigenvalue weighted by atomic mass is 9.96. The van der Waals surface area contributed by atoms with Crippen LogP contribution in [-0.4, -0.2) is 48.8 Å². The van der Waals surface area contributed by atoms with Crippen LogP contribution < -0.4 is 0 Å². The summed E-state index contributed by atoms with van der Waals surface area (Å²) in [5.74, 6) is 1.92. The second-order valence-corrected chi connectivity index (χ2v) is 7.11. The molecule has 1 aliphatic heterocycles. The van der Waals surface area contributed by atoms with Crippen LogP contribution in [-0.2, 0) is 7.05 Å². The molecule has 8 heteroatoms. The first-order valence-corrected chi connectivity index (χ1v) is 8.93. The molecule has 1 aliphatic rings. The zero-order valence-corrected chi connectivity index (χ0v) is 15.2. The van der Waals surface area contributed by atoms with Crippen LogP contribution in [0.15, 0.2) is 23.0 Å². The van der Waals surface area contributed by atoms with E-state index in [9.17, 15) is 4.79 Å². The Morgan fingerprint density at radius 1 is 1.27 bits per heavy atom. The maximum absolute atomic E-state index is 12.8. The van der Waals surface area contributed by atoms with Gasteiger partial charge in [0.15, 0.2) is 5.82 Å². The molecular formula is C18H22N6O2. The highest BCUT2D eigenvalue weighted by atomic mass is 16.5. The molecule has 1 saturated heterocycles. The number of amides is 1. The fourth-order valence-corrected chi connectivity index (χ4v) is 3.30. The van der Waals surface area contributed by atoms with E-state index in [2.05, 4.69) is 20.2 Å². The number of nitrogens with zero attached hydrogens (tertiary/aromatic N) is 6. The van der Waals surface area contributed by atoms with Crippen molar-refractivity contribution in [3.63, 3.8) is 0 Å². The second kappa shape index (κ2) is 6.51. The summed E-state index contributed by atoms with van der Waals surface area (Å²) in [7, 11) is 1.85. The fourth-order valence-electron chi connectivity index (χ4n) is 3.30. The Balaban J connectivity index is 1.44. The van der Waals surface area contributed by atoms with E-state index in [1.54, 1.807) is 17.1 Å². The molecule has 3 aromatic rings. The van der Waals surface area contributed by atoms with E-state index in [-0.39, 0.29) is 17.7 Å². The molecule has 0 atom stereocenters. The van der Waals surface area contributed by atoms with Gasteiger partial charge < -0.3 is 9.42 Å². The first kappa shape index (κ1) is 16.7. The molecule has 0 spiro atoms.